The van der Waals surface area contributed by atoms with Gasteiger partial charge in [-0.25, -0.2) is 4.98 Å². The minimum Gasteiger partial charge on any atom is -0.325 e. The molecule has 0 fully saturated rings. The van der Waals surface area contributed by atoms with Crippen LogP contribution in [0.15, 0.2) is 29.2 Å². The van der Waals surface area contributed by atoms with Crippen molar-refractivity contribution < 1.29 is 4.39 Å². The van der Waals surface area contributed by atoms with Crippen molar-refractivity contribution in [3.63, 3.8) is 0 Å². The van der Waals surface area contributed by atoms with Crippen molar-refractivity contribution in [2.45, 2.75) is 13.8 Å². The number of nitriles is 1. The highest BCUT2D eigenvalue weighted by molar-refractivity contribution is 5.68. The Morgan fingerprint density at radius 1 is 1.33 bits per heavy atom. The minimum atomic E-state index is -0.480. The lowest BCUT2D eigenvalue weighted by Crippen LogP contribution is -2.12. The molecule has 0 spiro atoms. The van der Waals surface area contributed by atoms with Crippen molar-refractivity contribution >= 4 is 5.65 Å². The standard InChI is InChI=1S/C15H11FN4O/c1-8-7-20-13(18-8)4-3-11(14(20)16)12-5-10(6-17)15(21)19-9(12)2/h3-5,7H,1-2H3,(H,19,21). The van der Waals surface area contributed by atoms with E-state index in [9.17, 15) is 9.18 Å². The van der Waals surface area contributed by atoms with Gasteiger partial charge in [0, 0.05) is 23.0 Å². The molecule has 0 aliphatic rings. The number of aromatic amines is 1. The first-order valence-electron chi connectivity index (χ1n) is 6.30. The summed E-state index contributed by atoms with van der Waals surface area (Å²) in [4.78, 5) is 18.3. The van der Waals surface area contributed by atoms with Crippen LogP contribution in [0.1, 0.15) is 17.0 Å². The average molecular weight is 282 g/mol. The number of imidazole rings is 1. The van der Waals surface area contributed by atoms with E-state index in [1.165, 1.54) is 10.5 Å². The average Bonchev–Trinajstić information content (AvgIpc) is 2.82. The van der Waals surface area contributed by atoms with Gasteiger partial charge >= 0.3 is 0 Å². The third-order valence-electron chi connectivity index (χ3n) is 3.34. The predicted octanol–water partition coefficient (Wildman–Crippen LogP) is 2.32. The summed E-state index contributed by atoms with van der Waals surface area (Å²) >= 11 is 0. The van der Waals surface area contributed by atoms with E-state index in [4.69, 9.17) is 5.26 Å². The third-order valence-corrected chi connectivity index (χ3v) is 3.34. The molecule has 0 bridgehead atoms. The molecule has 0 radical (unpaired) electrons. The number of hydrogen-bond donors (Lipinski definition) is 1. The summed E-state index contributed by atoms with van der Waals surface area (Å²) in [5.74, 6) is -0.480. The van der Waals surface area contributed by atoms with Crippen molar-refractivity contribution in [3.05, 3.63) is 57.6 Å². The van der Waals surface area contributed by atoms with E-state index in [0.717, 1.165) is 0 Å². The van der Waals surface area contributed by atoms with Crippen LogP contribution in [0.3, 0.4) is 0 Å². The molecule has 3 heterocycles. The van der Waals surface area contributed by atoms with Crippen molar-refractivity contribution in [2.24, 2.45) is 0 Å². The molecule has 5 nitrogen and oxygen atoms in total. The molecular formula is C15H11FN4O. The largest absolute Gasteiger partial charge is 0.325 e. The number of nitrogens with zero attached hydrogens (tertiary/aromatic N) is 3. The van der Waals surface area contributed by atoms with Crippen LogP contribution in [0.2, 0.25) is 0 Å². The number of halogens is 1. The Bertz CT molecular complexity index is 962. The lowest BCUT2D eigenvalue weighted by Gasteiger charge is -2.08. The summed E-state index contributed by atoms with van der Waals surface area (Å²) in [5, 5.41) is 8.95. The number of pyridine rings is 2. The van der Waals surface area contributed by atoms with E-state index in [2.05, 4.69) is 9.97 Å². The lowest BCUT2D eigenvalue weighted by molar-refractivity contribution is 0.571. The van der Waals surface area contributed by atoms with Gasteiger partial charge in [-0.3, -0.25) is 9.20 Å². The SMILES string of the molecule is Cc1cn2c(F)c(-c3cc(C#N)c(=O)[nH]c3C)ccc2n1. The van der Waals surface area contributed by atoms with Crippen LogP contribution < -0.4 is 5.56 Å². The Morgan fingerprint density at radius 3 is 2.81 bits per heavy atom. The summed E-state index contributed by atoms with van der Waals surface area (Å²) in [6.07, 6.45) is 1.60. The molecule has 0 atom stereocenters. The molecule has 104 valence electrons. The number of nitrogens with one attached hydrogen (secondary N) is 1. The topological polar surface area (TPSA) is 73.9 Å². The van der Waals surface area contributed by atoms with Crippen LogP contribution in [-0.4, -0.2) is 14.4 Å². The number of rotatable bonds is 1. The lowest BCUT2D eigenvalue weighted by atomic mass is 10.0. The minimum absolute atomic E-state index is 0.0445. The smallest absolute Gasteiger partial charge is 0.266 e. The van der Waals surface area contributed by atoms with Crippen molar-refractivity contribution in [3.8, 4) is 17.2 Å². The van der Waals surface area contributed by atoms with E-state index in [1.807, 2.05) is 6.07 Å². The van der Waals surface area contributed by atoms with Crippen molar-refractivity contribution in [2.75, 3.05) is 0 Å². The molecule has 1 N–H and O–H groups in total. The summed E-state index contributed by atoms with van der Waals surface area (Å²) in [6, 6.07) is 6.51. The first-order chi connectivity index (χ1) is 10.0. The fourth-order valence-corrected chi connectivity index (χ4v) is 2.33. The van der Waals surface area contributed by atoms with Crippen LogP contribution in [-0.2, 0) is 0 Å². The van der Waals surface area contributed by atoms with Gasteiger partial charge < -0.3 is 4.98 Å². The summed E-state index contributed by atoms with van der Waals surface area (Å²) in [6.45, 7) is 3.45. The molecule has 0 saturated carbocycles. The van der Waals surface area contributed by atoms with Gasteiger partial charge in [-0.05, 0) is 32.0 Å². The zero-order valence-corrected chi connectivity index (χ0v) is 11.4. The van der Waals surface area contributed by atoms with Crippen LogP contribution >= 0.6 is 0 Å². The molecule has 0 aliphatic heterocycles. The Hall–Kier alpha value is -2.94. The Kier molecular flexibility index (Phi) is 2.84. The highest BCUT2D eigenvalue weighted by Gasteiger charge is 2.14. The number of H-pyrrole nitrogens is 1. The van der Waals surface area contributed by atoms with Crippen LogP contribution in [0.4, 0.5) is 4.39 Å². The van der Waals surface area contributed by atoms with E-state index >= 15 is 0 Å². The second-order valence-corrected chi connectivity index (χ2v) is 4.81. The highest BCUT2D eigenvalue weighted by atomic mass is 19.1. The van der Waals surface area contributed by atoms with E-state index in [1.54, 1.807) is 32.2 Å². The summed E-state index contributed by atoms with van der Waals surface area (Å²) in [5.41, 5.74) is 2.00. The molecule has 0 saturated heterocycles. The van der Waals surface area contributed by atoms with E-state index in [-0.39, 0.29) is 5.56 Å². The second-order valence-electron chi connectivity index (χ2n) is 4.81. The van der Waals surface area contributed by atoms with Gasteiger partial charge in [0.2, 0.25) is 5.95 Å². The maximum atomic E-state index is 14.6. The maximum Gasteiger partial charge on any atom is 0.266 e. The number of hydrogen-bond acceptors (Lipinski definition) is 3. The quantitative estimate of drug-likeness (QED) is 0.696. The maximum absolute atomic E-state index is 14.6. The number of aromatic nitrogens is 3. The second kappa shape index (κ2) is 4.56. The normalized spacial score (nSPS) is 10.8. The first kappa shape index (κ1) is 13.1. The number of fused-ring (bicyclic) bond motifs is 1. The van der Waals surface area contributed by atoms with Gasteiger partial charge in [-0.15, -0.1) is 0 Å². The molecule has 0 aromatic carbocycles. The molecule has 21 heavy (non-hydrogen) atoms. The molecule has 0 aliphatic carbocycles. The van der Waals surface area contributed by atoms with Gasteiger partial charge in [0.25, 0.3) is 5.56 Å². The van der Waals surface area contributed by atoms with Gasteiger partial charge in [-0.2, -0.15) is 9.65 Å². The van der Waals surface area contributed by atoms with Crippen LogP contribution in [0.5, 0.6) is 0 Å². The fourth-order valence-electron chi connectivity index (χ4n) is 2.33. The predicted molar refractivity (Wildman–Crippen MR) is 75.4 cm³/mol. The van der Waals surface area contributed by atoms with Gasteiger partial charge in [0.1, 0.15) is 17.3 Å². The fraction of sp³-hybridized carbons (Fsp3) is 0.133. The molecule has 3 aromatic rings. The Morgan fingerprint density at radius 2 is 2.10 bits per heavy atom. The first-order valence-corrected chi connectivity index (χ1v) is 6.30. The van der Waals surface area contributed by atoms with Crippen LogP contribution in [0.25, 0.3) is 16.8 Å². The van der Waals surface area contributed by atoms with Crippen LogP contribution in [0, 0.1) is 31.1 Å². The molecule has 3 rings (SSSR count). The molecule has 0 unspecified atom stereocenters. The van der Waals surface area contributed by atoms with E-state index in [0.29, 0.717) is 28.2 Å². The van der Waals surface area contributed by atoms with E-state index < -0.39 is 11.5 Å². The summed E-state index contributed by atoms with van der Waals surface area (Å²) in [7, 11) is 0. The zero-order valence-electron chi connectivity index (χ0n) is 11.4. The molecular weight excluding hydrogens is 271 g/mol. The monoisotopic (exact) mass is 282 g/mol. The highest BCUT2D eigenvalue weighted by Crippen LogP contribution is 2.26. The Balaban J connectivity index is 2.33. The van der Waals surface area contributed by atoms with Gasteiger partial charge in [-0.1, -0.05) is 0 Å². The molecule has 6 heteroatoms. The van der Waals surface area contributed by atoms with Gasteiger partial charge in [0.05, 0.1) is 5.69 Å². The Labute approximate surface area is 119 Å². The number of aryl methyl sites for hydroxylation is 2. The van der Waals surface area contributed by atoms with Crippen molar-refractivity contribution in [1.29, 1.82) is 5.26 Å². The van der Waals surface area contributed by atoms with Gasteiger partial charge in [0.15, 0.2) is 0 Å². The van der Waals surface area contributed by atoms with Crippen molar-refractivity contribution in [1.82, 2.24) is 14.4 Å². The summed E-state index contributed by atoms with van der Waals surface area (Å²) < 4.78 is 16.0. The zero-order chi connectivity index (χ0) is 15.1. The third kappa shape index (κ3) is 1.99. The molecule has 0 amide bonds. The molecule has 3 aromatic heterocycles.